The highest BCUT2D eigenvalue weighted by Crippen LogP contribution is 2.29. The van der Waals surface area contributed by atoms with E-state index in [0.717, 1.165) is 24.0 Å². The summed E-state index contributed by atoms with van der Waals surface area (Å²) in [5, 5.41) is 2.84. The van der Waals surface area contributed by atoms with Gasteiger partial charge in [-0.15, -0.1) is 0 Å². The zero-order chi connectivity index (χ0) is 19.4. The number of rotatable bonds is 5. The summed E-state index contributed by atoms with van der Waals surface area (Å²) in [4.78, 5) is 12.2. The van der Waals surface area contributed by atoms with Gasteiger partial charge >= 0.3 is 0 Å². The van der Waals surface area contributed by atoms with Gasteiger partial charge in [-0.05, 0) is 49.6 Å². The van der Waals surface area contributed by atoms with Crippen LogP contribution in [0.15, 0.2) is 53.4 Å². The highest BCUT2D eigenvalue weighted by atomic mass is 35.5. The summed E-state index contributed by atoms with van der Waals surface area (Å²) in [6, 6.07) is 12.3. The van der Waals surface area contributed by atoms with Crippen LogP contribution >= 0.6 is 11.6 Å². The Bertz CT molecular complexity index is 980. The Morgan fingerprint density at radius 3 is 2.59 bits per heavy atom. The molecule has 1 aliphatic heterocycles. The molecule has 7 heteroatoms. The van der Waals surface area contributed by atoms with Gasteiger partial charge in [0.25, 0.3) is 0 Å². The van der Waals surface area contributed by atoms with Crippen LogP contribution in [0.1, 0.15) is 24.0 Å². The van der Waals surface area contributed by atoms with E-state index >= 15 is 0 Å². The van der Waals surface area contributed by atoms with Crippen LogP contribution in [-0.4, -0.2) is 31.7 Å². The second kappa shape index (κ2) is 8.25. The smallest absolute Gasteiger partial charge is 0.248 e. The van der Waals surface area contributed by atoms with Crippen molar-refractivity contribution in [1.29, 1.82) is 0 Å². The van der Waals surface area contributed by atoms with E-state index in [2.05, 4.69) is 5.32 Å². The van der Waals surface area contributed by atoms with Crippen molar-refractivity contribution in [2.75, 3.05) is 18.4 Å². The molecular formula is C20H21ClN2O3S. The molecule has 0 radical (unpaired) electrons. The van der Waals surface area contributed by atoms with E-state index in [0.29, 0.717) is 18.8 Å². The van der Waals surface area contributed by atoms with Crippen LogP contribution in [0.2, 0.25) is 5.02 Å². The minimum atomic E-state index is -3.66. The van der Waals surface area contributed by atoms with E-state index in [9.17, 15) is 13.2 Å². The number of benzene rings is 2. The molecule has 3 rings (SSSR count). The van der Waals surface area contributed by atoms with Crippen LogP contribution in [0.25, 0.3) is 6.08 Å². The summed E-state index contributed by atoms with van der Waals surface area (Å²) in [5.41, 5.74) is 2.40. The molecule has 2 aromatic carbocycles. The summed E-state index contributed by atoms with van der Waals surface area (Å²) < 4.78 is 26.9. The number of nitrogens with zero attached hydrogens (tertiary/aromatic N) is 1. The standard InChI is InChI=1S/C20H21ClN2O3S/c1-15-5-4-6-16(13-15)7-10-20(24)22-17-8-9-18(21)19(14-17)27(25,26)23-11-2-3-12-23/h4-10,13-14H,2-3,11-12H2,1H3,(H,22,24)/b10-7+. The lowest BCUT2D eigenvalue weighted by Gasteiger charge is -2.17. The molecule has 1 N–H and O–H groups in total. The predicted molar refractivity (Wildman–Crippen MR) is 108 cm³/mol. The highest BCUT2D eigenvalue weighted by molar-refractivity contribution is 7.89. The second-order valence-corrected chi connectivity index (χ2v) is 8.81. The lowest BCUT2D eigenvalue weighted by atomic mass is 10.1. The van der Waals surface area contributed by atoms with Crippen LogP contribution in [0.3, 0.4) is 0 Å². The number of nitrogens with one attached hydrogen (secondary N) is 1. The molecule has 1 saturated heterocycles. The van der Waals surface area contributed by atoms with Gasteiger partial charge in [0.1, 0.15) is 4.90 Å². The molecule has 0 spiro atoms. The second-order valence-electron chi connectivity index (χ2n) is 6.49. The maximum Gasteiger partial charge on any atom is 0.248 e. The van der Waals surface area contributed by atoms with E-state index in [1.165, 1.54) is 22.5 Å². The number of sulfonamides is 1. The Kier molecular flexibility index (Phi) is 5.99. The summed E-state index contributed by atoms with van der Waals surface area (Å²) in [7, 11) is -3.66. The number of aryl methyl sites for hydroxylation is 1. The number of hydrogen-bond acceptors (Lipinski definition) is 3. The van der Waals surface area contributed by atoms with Crippen molar-refractivity contribution in [2.45, 2.75) is 24.7 Å². The maximum absolute atomic E-state index is 12.8. The average molecular weight is 405 g/mol. The largest absolute Gasteiger partial charge is 0.322 e. The third-order valence-corrected chi connectivity index (χ3v) is 6.73. The molecule has 27 heavy (non-hydrogen) atoms. The number of hydrogen-bond donors (Lipinski definition) is 1. The first-order valence-corrected chi connectivity index (χ1v) is 10.5. The predicted octanol–water partition coefficient (Wildman–Crippen LogP) is 4.08. The molecule has 1 heterocycles. The molecule has 0 aliphatic carbocycles. The van der Waals surface area contributed by atoms with Crippen molar-refractivity contribution in [2.24, 2.45) is 0 Å². The fraction of sp³-hybridized carbons (Fsp3) is 0.250. The van der Waals surface area contributed by atoms with Gasteiger partial charge in [-0.3, -0.25) is 4.79 Å². The van der Waals surface area contributed by atoms with E-state index in [1.54, 1.807) is 12.1 Å². The molecule has 142 valence electrons. The minimum Gasteiger partial charge on any atom is -0.322 e. The molecule has 0 atom stereocenters. The highest BCUT2D eigenvalue weighted by Gasteiger charge is 2.29. The monoisotopic (exact) mass is 404 g/mol. The van der Waals surface area contributed by atoms with Crippen LogP contribution in [0, 0.1) is 6.92 Å². The van der Waals surface area contributed by atoms with E-state index < -0.39 is 10.0 Å². The zero-order valence-corrected chi connectivity index (χ0v) is 16.6. The van der Waals surface area contributed by atoms with Gasteiger partial charge in [0.05, 0.1) is 5.02 Å². The summed E-state index contributed by atoms with van der Waals surface area (Å²) in [6.07, 6.45) is 4.81. The SMILES string of the molecule is Cc1cccc(/C=C/C(=O)Nc2ccc(Cl)c(S(=O)(=O)N3CCCC3)c2)c1. The molecule has 1 fully saturated rings. The Hall–Kier alpha value is -2.15. The fourth-order valence-corrected chi connectivity index (χ4v) is 4.99. The molecular weight excluding hydrogens is 384 g/mol. The quantitative estimate of drug-likeness (QED) is 0.763. The van der Waals surface area contributed by atoms with Crippen LogP contribution in [0.5, 0.6) is 0 Å². The van der Waals surface area contributed by atoms with Gasteiger partial charge in [0.15, 0.2) is 0 Å². The Morgan fingerprint density at radius 2 is 1.89 bits per heavy atom. The number of anilines is 1. The third-order valence-electron chi connectivity index (χ3n) is 4.35. The molecule has 0 bridgehead atoms. The zero-order valence-electron chi connectivity index (χ0n) is 15.0. The van der Waals surface area contributed by atoms with Gasteiger partial charge in [-0.1, -0.05) is 41.4 Å². The van der Waals surface area contributed by atoms with Crippen molar-refractivity contribution in [3.05, 3.63) is 64.7 Å². The van der Waals surface area contributed by atoms with Crippen molar-refractivity contribution < 1.29 is 13.2 Å². The van der Waals surface area contributed by atoms with Gasteiger partial charge in [-0.2, -0.15) is 4.31 Å². The fourth-order valence-electron chi connectivity index (χ4n) is 2.98. The Balaban J connectivity index is 1.77. The third kappa shape index (κ3) is 4.77. The van der Waals surface area contributed by atoms with Crippen molar-refractivity contribution >= 4 is 39.3 Å². The molecule has 0 saturated carbocycles. The summed E-state index contributed by atoms with van der Waals surface area (Å²) >= 11 is 6.12. The molecule has 1 aliphatic rings. The van der Waals surface area contributed by atoms with Crippen LogP contribution < -0.4 is 5.32 Å². The molecule has 2 aromatic rings. The van der Waals surface area contributed by atoms with E-state index in [4.69, 9.17) is 11.6 Å². The average Bonchev–Trinajstić information content (AvgIpc) is 3.17. The molecule has 0 aromatic heterocycles. The first-order valence-electron chi connectivity index (χ1n) is 8.72. The first kappa shape index (κ1) is 19.6. The van der Waals surface area contributed by atoms with Gasteiger partial charge < -0.3 is 5.32 Å². The minimum absolute atomic E-state index is 0.0199. The van der Waals surface area contributed by atoms with E-state index in [-0.39, 0.29) is 15.8 Å². The number of amides is 1. The van der Waals surface area contributed by atoms with Crippen LogP contribution in [0.4, 0.5) is 5.69 Å². The normalized spacial score (nSPS) is 15.3. The molecule has 5 nitrogen and oxygen atoms in total. The van der Waals surface area contributed by atoms with Crippen molar-refractivity contribution in [3.63, 3.8) is 0 Å². The number of halogens is 1. The Morgan fingerprint density at radius 1 is 1.15 bits per heavy atom. The van der Waals surface area contributed by atoms with Gasteiger partial charge in [-0.25, -0.2) is 8.42 Å². The van der Waals surface area contributed by atoms with Gasteiger partial charge in [0.2, 0.25) is 15.9 Å². The van der Waals surface area contributed by atoms with Crippen molar-refractivity contribution in [1.82, 2.24) is 4.31 Å². The summed E-state index contributed by atoms with van der Waals surface area (Å²) in [5.74, 6) is -0.344. The summed E-state index contributed by atoms with van der Waals surface area (Å²) in [6.45, 7) is 2.97. The van der Waals surface area contributed by atoms with Gasteiger partial charge in [0, 0.05) is 24.9 Å². The van der Waals surface area contributed by atoms with Crippen molar-refractivity contribution in [3.8, 4) is 0 Å². The number of carbonyl (C=O) groups excluding carboxylic acids is 1. The topological polar surface area (TPSA) is 66.5 Å². The lowest BCUT2D eigenvalue weighted by molar-refractivity contribution is -0.111. The molecule has 0 unspecified atom stereocenters. The Labute approximate surface area is 164 Å². The number of carbonyl (C=O) groups is 1. The first-order chi connectivity index (χ1) is 12.9. The van der Waals surface area contributed by atoms with E-state index in [1.807, 2.05) is 31.2 Å². The lowest BCUT2D eigenvalue weighted by Crippen LogP contribution is -2.28. The molecule has 1 amide bonds. The van der Waals surface area contributed by atoms with Crippen LogP contribution in [-0.2, 0) is 14.8 Å². The maximum atomic E-state index is 12.8.